The first-order chi connectivity index (χ1) is 15.4. The van der Waals surface area contributed by atoms with Crippen LogP contribution in [0, 0.1) is 0 Å². The lowest BCUT2D eigenvalue weighted by molar-refractivity contribution is 0.0782. The average molecular weight is 418 g/mol. The Kier molecular flexibility index (Phi) is 5.16. The molecular weight excluding hydrogens is 386 g/mol. The van der Waals surface area contributed by atoms with E-state index >= 15 is 0 Å². The van der Waals surface area contributed by atoms with Crippen LogP contribution >= 0.6 is 0 Å². The van der Waals surface area contributed by atoms with Gasteiger partial charge in [0.05, 0.1) is 17.6 Å². The molecule has 1 aliphatic carbocycles. The van der Waals surface area contributed by atoms with Crippen LogP contribution in [-0.2, 0) is 0 Å². The Labute approximate surface area is 183 Å². The molecule has 1 aromatic carbocycles. The molecule has 0 bridgehead atoms. The fourth-order valence-corrected chi connectivity index (χ4v) is 6.00. The van der Waals surface area contributed by atoms with Crippen molar-refractivity contribution in [3.63, 3.8) is 0 Å². The third-order valence-electron chi connectivity index (χ3n) is 7.61. The minimum Gasteiger partial charge on any atom is -0.298 e. The van der Waals surface area contributed by atoms with Gasteiger partial charge < -0.3 is 0 Å². The predicted octanol–water partition coefficient (Wildman–Crippen LogP) is 3.60. The van der Waals surface area contributed by atoms with E-state index in [2.05, 4.69) is 59.3 Å². The van der Waals surface area contributed by atoms with Crippen molar-refractivity contribution < 1.29 is 0 Å². The Hall–Kier alpha value is -2.38. The summed E-state index contributed by atoms with van der Waals surface area (Å²) in [6.45, 7) is 4.54. The van der Waals surface area contributed by atoms with E-state index in [9.17, 15) is 0 Å². The molecule has 3 aliphatic rings. The summed E-state index contributed by atoms with van der Waals surface area (Å²) in [7, 11) is 0. The number of hydrogen-bond donors (Lipinski definition) is 0. The van der Waals surface area contributed by atoms with Crippen LogP contribution in [0.5, 0.6) is 0 Å². The molecule has 2 atom stereocenters. The molecular formula is C24H31N7. The van der Waals surface area contributed by atoms with E-state index in [1.165, 1.54) is 62.4 Å². The predicted molar refractivity (Wildman–Crippen MR) is 120 cm³/mol. The highest BCUT2D eigenvalue weighted by atomic mass is 15.6. The summed E-state index contributed by atoms with van der Waals surface area (Å²) in [6, 6.07) is 12.0. The number of tetrazole rings is 1. The summed E-state index contributed by atoms with van der Waals surface area (Å²) in [6.07, 6.45) is 10.7. The van der Waals surface area contributed by atoms with Gasteiger partial charge in [-0.15, -0.1) is 5.10 Å². The quantitative estimate of drug-likeness (QED) is 0.646. The smallest absolute Gasteiger partial charge is 0.173 e. The third-order valence-corrected chi connectivity index (χ3v) is 7.61. The third kappa shape index (κ3) is 3.64. The molecule has 0 radical (unpaired) electrons. The van der Waals surface area contributed by atoms with Crippen molar-refractivity contribution in [1.29, 1.82) is 0 Å². The lowest BCUT2D eigenvalue weighted by Crippen LogP contribution is -2.51. The monoisotopic (exact) mass is 417 g/mol. The molecule has 31 heavy (non-hydrogen) atoms. The van der Waals surface area contributed by atoms with Gasteiger partial charge >= 0.3 is 0 Å². The number of benzene rings is 1. The Balaban J connectivity index is 1.41. The Morgan fingerprint density at radius 1 is 0.903 bits per heavy atom. The number of pyridine rings is 1. The van der Waals surface area contributed by atoms with Gasteiger partial charge in [0.2, 0.25) is 0 Å². The van der Waals surface area contributed by atoms with Crippen molar-refractivity contribution >= 4 is 10.9 Å². The maximum atomic E-state index is 4.64. The van der Waals surface area contributed by atoms with Gasteiger partial charge in [-0.1, -0.05) is 31.4 Å². The SMILES string of the molecule is c1cnc2ccc([C@H](c3nnnn3C3CCCCC3)N3CCN4CCC[C@@H]4C3)cc2c1. The second kappa shape index (κ2) is 8.28. The van der Waals surface area contributed by atoms with Gasteiger partial charge in [-0.3, -0.25) is 14.8 Å². The first kappa shape index (κ1) is 19.3. The molecule has 2 aromatic heterocycles. The van der Waals surface area contributed by atoms with E-state index in [-0.39, 0.29) is 6.04 Å². The van der Waals surface area contributed by atoms with Crippen LogP contribution in [0.1, 0.15) is 68.4 Å². The summed E-state index contributed by atoms with van der Waals surface area (Å²) in [4.78, 5) is 9.83. The van der Waals surface area contributed by atoms with Crippen LogP contribution in [0.25, 0.3) is 10.9 Å². The van der Waals surface area contributed by atoms with Crippen LogP contribution in [-0.4, -0.2) is 67.2 Å². The molecule has 0 amide bonds. The van der Waals surface area contributed by atoms with Gasteiger partial charge in [-0.25, -0.2) is 4.68 Å². The average Bonchev–Trinajstić information content (AvgIpc) is 3.49. The molecule has 162 valence electrons. The van der Waals surface area contributed by atoms with Gasteiger partial charge in [-0.05, 0) is 66.4 Å². The Morgan fingerprint density at radius 2 is 1.81 bits per heavy atom. The molecule has 6 rings (SSSR count). The van der Waals surface area contributed by atoms with Crippen LogP contribution in [0.4, 0.5) is 0 Å². The second-order valence-corrected chi connectivity index (χ2v) is 9.46. The minimum atomic E-state index is 0.0873. The number of piperazine rings is 1. The fraction of sp³-hybridized carbons (Fsp3) is 0.583. The van der Waals surface area contributed by atoms with E-state index in [0.29, 0.717) is 12.1 Å². The molecule has 4 heterocycles. The van der Waals surface area contributed by atoms with Crippen molar-refractivity contribution in [2.24, 2.45) is 0 Å². The van der Waals surface area contributed by atoms with Crippen molar-refractivity contribution in [3.8, 4) is 0 Å². The van der Waals surface area contributed by atoms with Crippen LogP contribution in [0.3, 0.4) is 0 Å². The Morgan fingerprint density at radius 3 is 2.74 bits per heavy atom. The van der Waals surface area contributed by atoms with Crippen molar-refractivity contribution in [2.75, 3.05) is 26.2 Å². The summed E-state index contributed by atoms with van der Waals surface area (Å²) >= 11 is 0. The summed E-state index contributed by atoms with van der Waals surface area (Å²) in [5.41, 5.74) is 2.32. The molecule has 0 spiro atoms. The van der Waals surface area contributed by atoms with Gasteiger partial charge in [-0.2, -0.15) is 0 Å². The van der Waals surface area contributed by atoms with Crippen molar-refractivity contribution in [3.05, 3.63) is 47.9 Å². The van der Waals surface area contributed by atoms with Crippen molar-refractivity contribution in [2.45, 2.75) is 63.1 Å². The lowest BCUT2D eigenvalue weighted by Gasteiger charge is -2.41. The number of nitrogens with zero attached hydrogens (tertiary/aromatic N) is 7. The standard InChI is InChI=1S/C24H31N7/c1-2-7-20(8-3-1)31-24(26-27-28-31)23(30-15-14-29-13-5-9-21(29)17-30)19-10-11-22-18(16-19)6-4-12-25-22/h4,6,10-12,16,20-21,23H,1-3,5,7-9,13-15,17H2/t21-,23-/m1/s1. The zero-order chi connectivity index (χ0) is 20.6. The second-order valence-electron chi connectivity index (χ2n) is 9.46. The highest BCUT2D eigenvalue weighted by Crippen LogP contribution is 2.36. The number of rotatable bonds is 4. The van der Waals surface area contributed by atoms with E-state index in [1.807, 2.05) is 12.3 Å². The first-order valence-corrected chi connectivity index (χ1v) is 12.0. The maximum absolute atomic E-state index is 4.64. The summed E-state index contributed by atoms with van der Waals surface area (Å²) in [5, 5.41) is 14.5. The van der Waals surface area contributed by atoms with Gasteiger partial charge in [0.15, 0.2) is 5.82 Å². The zero-order valence-corrected chi connectivity index (χ0v) is 18.1. The van der Waals surface area contributed by atoms with E-state index < -0.39 is 0 Å². The molecule has 7 nitrogen and oxygen atoms in total. The van der Waals surface area contributed by atoms with Gasteiger partial charge in [0.25, 0.3) is 0 Å². The van der Waals surface area contributed by atoms with Crippen LogP contribution in [0.2, 0.25) is 0 Å². The summed E-state index contributed by atoms with van der Waals surface area (Å²) in [5.74, 6) is 1.02. The molecule has 2 aliphatic heterocycles. The van der Waals surface area contributed by atoms with Crippen LogP contribution in [0.15, 0.2) is 36.5 Å². The van der Waals surface area contributed by atoms with Gasteiger partial charge in [0.1, 0.15) is 0 Å². The number of fused-ring (bicyclic) bond motifs is 2. The largest absolute Gasteiger partial charge is 0.298 e. The molecule has 0 N–H and O–H groups in total. The lowest BCUT2D eigenvalue weighted by atomic mass is 9.94. The van der Waals surface area contributed by atoms with Crippen molar-refractivity contribution in [1.82, 2.24) is 35.0 Å². The molecule has 3 aromatic rings. The van der Waals surface area contributed by atoms with E-state index in [4.69, 9.17) is 0 Å². The molecule has 3 fully saturated rings. The normalized spacial score (nSPS) is 24.5. The molecule has 7 heteroatoms. The summed E-state index contributed by atoms with van der Waals surface area (Å²) < 4.78 is 2.16. The fourth-order valence-electron chi connectivity index (χ4n) is 6.00. The number of aromatic nitrogens is 5. The topological polar surface area (TPSA) is 63.0 Å². The molecule has 0 unspecified atom stereocenters. The number of hydrogen-bond acceptors (Lipinski definition) is 6. The first-order valence-electron chi connectivity index (χ1n) is 12.0. The van der Waals surface area contributed by atoms with E-state index in [0.717, 1.165) is 31.0 Å². The van der Waals surface area contributed by atoms with E-state index in [1.54, 1.807) is 0 Å². The maximum Gasteiger partial charge on any atom is 0.173 e. The molecule has 1 saturated carbocycles. The highest BCUT2D eigenvalue weighted by Gasteiger charge is 2.37. The molecule has 2 saturated heterocycles. The van der Waals surface area contributed by atoms with Crippen LogP contribution < -0.4 is 0 Å². The zero-order valence-electron chi connectivity index (χ0n) is 18.1. The Bertz CT molecular complexity index is 1040. The minimum absolute atomic E-state index is 0.0873. The van der Waals surface area contributed by atoms with Gasteiger partial charge in [0, 0.05) is 37.3 Å². The highest BCUT2D eigenvalue weighted by molar-refractivity contribution is 5.79.